The molecule has 3 aromatic rings. The maximum atomic E-state index is 12.1. The fourth-order valence-corrected chi connectivity index (χ4v) is 3.25. The number of nitrogens with zero attached hydrogens (tertiary/aromatic N) is 3. The van der Waals surface area contributed by atoms with E-state index < -0.39 is 4.92 Å². The van der Waals surface area contributed by atoms with Crippen LogP contribution < -0.4 is 10.2 Å². The number of nitro benzene ring substituents is 1. The number of ether oxygens (including phenoxy) is 1. The van der Waals surface area contributed by atoms with Crippen molar-refractivity contribution in [3.05, 3.63) is 87.2 Å². The Balaban J connectivity index is 1.82. The van der Waals surface area contributed by atoms with Crippen molar-refractivity contribution in [1.82, 2.24) is 9.99 Å². The molecule has 0 unspecified atom stereocenters. The van der Waals surface area contributed by atoms with Gasteiger partial charge in [0.05, 0.1) is 30.4 Å². The summed E-state index contributed by atoms with van der Waals surface area (Å²) in [7, 11) is 1.52. The molecule has 1 heterocycles. The Morgan fingerprint density at radius 2 is 1.93 bits per heavy atom. The molecule has 0 saturated carbocycles. The molecule has 1 amide bonds. The molecule has 0 saturated heterocycles. The van der Waals surface area contributed by atoms with Crippen molar-refractivity contribution in [3.63, 3.8) is 0 Å². The van der Waals surface area contributed by atoms with E-state index in [1.807, 2.05) is 54.8 Å². The highest BCUT2D eigenvalue weighted by molar-refractivity contribution is 5.85. The highest BCUT2D eigenvalue weighted by atomic mass is 16.6. The van der Waals surface area contributed by atoms with E-state index in [1.165, 1.54) is 19.2 Å². The van der Waals surface area contributed by atoms with E-state index >= 15 is 0 Å². The average molecular weight is 406 g/mol. The first-order valence-electron chi connectivity index (χ1n) is 9.28. The van der Waals surface area contributed by atoms with Gasteiger partial charge < -0.3 is 9.30 Å². The zero-order valence-corrected chi connectivity index (χ0v) is 17.0. The van der Waals surface area contributed by atoms with E-state index in [-0.39, 0.29) is 18.0 Å². The van der Waals surface area contributed by atoms with E-state index in [0.29, 0.717) is 11.4 Å². The largest absolute Gasteiger partial charge is 0.495 e. The number of aryl methyl sites for hydroxylation is 1. The molecular formula is C22H22N4O4. The second-order valence-corrected chi connectivity index (χ2v) is 6.73. The molecule has 1 aromatic heterocycles. The van der Waals surface area contributed by atoms with Gasteiger partial charge in [0.1, 0.15) is 5.75 Å². The van der Waals surface area contributed by atoms with Crippen molar-refractivity contribution in [2.24, 2.45) is 5.10 Å². The second-order valence-electron chi connectivity index (χ2n) is 6.73. The van der Waals surface area contributed by atoms with Crippen molar-refractivity contribution in [3.8, 4) is 11.4 Å². The summed E-state index contributed by atoms with van der Waals surface area (Å²) in [6.45, 7) is 3.76. The van der Waals surface area contributed by atoms with Crippen LogP contribution in [0.25, 0.3) is 5.69 Å². The molecular weight excluding hydrogens is 384 g/mol. The molecule has 0 aliphatic carbocycles. The Labute approximate surface area is 173 Å². The maximum absolute atomic E-state index is 12.1. The lowest BCUT2D eigenvalue weighted by molar-refractivity contribution is -0.384. The van der Waals surface area contributed by atoms with Gasteiger partial charge in [0.25, 0.3) is 5.69 Å². The third-order valence-corrected chi connectivity index (χ3v) is 4.68. The monoisotopic (exact) mass is 406 g/mol. The Bertz CT molecular complexity index is 1100. The summed E-state index contributed by atoms with van der Waals surface area (Å²) in [5.74, 6) is 0.300. The van der Waals surface area contributed by atoms with Gasteiger partial charge in [-0.15, -0.1) is 0 Å². The number of non-ortho nitro benzene ring substituents is 1. The number of rotatable bonds is 7. The van der Waals surface area contributed by atoms with E-state index in [4.69, 9.17) is 4.74 Å². The fraction of sp³-hybridized carbons (Fsp3) is 0.182. The molecule has 0 radical (unpaired) electrons. The van der Waals surface area contributed by atoms with Gasteiger partial charge in [-0.05, 0) is 31.5 Å². The molecule has 0 spiro atoms. The van der Waals surface area contributed by atoms with Gasteiger partial charge in [-0.1, -0.05) is 30.3 Å². The first-order valence-corrected chi connectivity index (χ1v) is 9.28. The van der Waals surface area contributed by atoms with E-state index in [9.17, 15) is 14.9 Å². The molecule has 2 aromatic carbocycles. The lowest BCUT2D eigenvalue weighted by Crippen LogP contribution is -2.19. The molecule has 0 bridgehead atoms. The summed E-state index contributed by atoms with van der Waals surface area (Å²) in [6, 6.07) is 15.7. The van der Waals surface area contributed by atoms with Crippen molar-refractivity contribution in [1.29, 1.82) is 0 Å². The fourth-order valence-electron chi connectivity index (χ4n) is 3.25. The Kier molecular flexibility index (Phi) is 6.26. The number of benzene rings is 2. The number of hydrazone groups is 1. The van der Waals surface area contributed by atoms with E-state index in [1.54, 1.807) is 12.3 Å². The summed E-state index contributed by atoms with van der Waals surface area (Å²) in [4.78, 5) is 22.8. The lowest BCUT2D eigenvalue weighted by Gasteiger charge is -2.13. The van der Waals surface area contributed by atoms with E-state index in [0.717, 1.165) is 22.5 Å². The van der Waals surface area contributed by atoms with Gasteiger partial charge in [-0.3, -0.25) is 14.9 Å². The van der Waals surface area contributed by atoms with Crippen LogP contribution in [0, 0.1) is 24.0 Å². The summed E-state index contributed by atoms with van der Waals surface area (Å²) < 4.78 is 7.25. The third kappa shape index (κ3) is 4.54. The maximum Gasteiger partial charge on any atom is 0.271 e. The van der Waals surface area contributed by atoms with Gasteiger partial charge in [-0.2, -0.15) is 5.10 Å². The zero-order chi connectivity index (χ0) is 21.7. The second kappa shape index (κ2) is 9.04. The summed E-state index contributed by atoms with van der Waals surface area (Å²) in [5, 5.41) is 15.2. The van der Waals surface area contributed by atoms with Gasteiger partial charge in [0.15, 0.2) is 0 Å². The molecule has 0 fully saturated rings. The van der Waals surface area contributed by atoms with Crippen LogP contribution >= 0.6 is 0 Å². The SMILES string of the molecule is COc1ccc([N+](=O)[O-])cc1-n1c(C)cc(/C=N/NC(=O)Cc2ccccc2)c1C. The lowest BCUT2D eigenvalue weighted by atomic mass is 10.1. The minimum atomic E-state index is -0.443. The zero-order valence-electron chi connectivity index (χ0n) is 17.0. The van der Waals surface area contributed by atoms with Crippen molar-refractivity contribution >= 4 is 17.8 Å². The van der Waals surface area contributed by atoms with Crippen LogP contribution in [0.1, 0.15) is 22.5 Å². The van der Waals surface area contributed by atoms with Crippen LogP contribution in [-0.4, -0.2) is 28.7 Å². The quantitative estimate of drug-likeness (QED) is 0.367. The average Bonchev–Trinajstić information content (AvgIpc) is 3.01. The first kappa shape index (κ1) is 20.8. The highest BCUT2D eigenvalue weighted by Gasteiger charge is 2.17. The van der Waals surface area contributed by atoms with E-state index in [2.05, 4.69) is 10.5 Å². The molecule has 0 aliphatic heterocycles. The number of aromatic nitrogens is 1. The topological polar surface area (TPSA) is 98.8 Å². The van der Waals surface area contributed by atoms with Gasteiger partial charge >= 0.3 is 0 Å². The number of nitrogens with one attached hydrogen (secondary N) is 1. The number of carbonyl (C=O) groups excluding carboxylic acids is 1. The standard InChI is InChI=1S/C22H22N4O4/c1-15-11-18(14-23-24-22(27)12-17-7-5-4-6-8-17)16(2)25(15)20-13-19(26(28)29)9-10-21(20)30-3/h4-11,13-14H,12H2,1-3H3,(H,24,27)/b23-14+. The molecule has 8 heteroatoms. The third-order valence-electron chi connectivity index (χ3n) is 4.68. The van der Waals surface area contributed by atoms with Crippen LogP contribution in [0.15, 0.2) is 59.7 Å². The molecule has 0 aliphatic rings. The first-order chi connectivity index (χ1) is 14.4. The summed E-state index contributed by atoms with van der Waals surface area (Å²) in [5.41, 5.74) is 6.41. The van der Waals surface area contributed by atoms with Gasteiger partial charge in [0.2, 0.25) is 5.91 Å². The number of carbonyl (C=O) groups is 1. The number of hydrogen-bond acceptors (Lipinski definition) is 5. The number of methoxy groups -OCH3 is 1. The predicted molar refractivity (Wildman–Crippen MR) is 114 cm³/mol. The van der Waals surface area contributed by atoms with Crippen LogP contribution in [0.4, 0.5) is 5.69 Å². The minimum Gasteiger partial charge on any atom is -0.495 e. The Morgan fingerprint density at radius 3 is 2.60 bits per heavy atom. The molecule has 30 heavy (non-hydrogen) atoms. The van der Waals surface area contributed by atoms with Crippen LogP contribution in [0.5, 0.6) is 5.75 Å². The Morgan fingerprint density at radius 1 is 1.20 bits per heavy atom. The minimum absolute atomic E-state index is 0.0262. The molecule has 1 N–H and O–H groups in total. The van der Waals surface area contributed by atoms with Gasteiger partial charge in [0, 0.05) is 29.1 Å². The summed E-state index contributed by atoms with van der Waals surface area (Å²) in [6.07, 6.45) is 1.80. The van der Waals surface area contributed by atoms with Crippen LogP contribution in [0.2, 0.25) is 0 Å². The predicted octanol–water partition coefficient (Wildman–Crippen LogP) is 3.70. The number of amides is 1. The van der Waals surface area contributed by atoms with Crippen LogP contribution in [0.3, 0.4) is 0 Å². The van der Waals surface area contributed by atoms with Crippen molar-refractivity contribution < 1.29 is 14.5 Å². The highest BCUT2D eigenvalue weighted by Crippen LogP contribution is 2.31. The van der Waals surface area contributed by atoms with Gasteiger partial charge in [-0.25, -0.2) is 5.43 Å². The van der Waals surface area contributed by atoms with Crippen molar-refractivity contribution in [2.45, 2.75) is 20.3 Å². The molecule has 154 valence electrons. The molecule has 0 atom stereocenters. The molecule has 3 rings (SSSR count). The summed E-state index contributed by atoms with van der Waals surface area (Å²) >= 11 is 0. The Hall–Kier alpha value is -3.94. The van der Waals surface area contributed by atoms with Crippen molar-refractivity contribution in [2.75, 3.05) is 7.11 Å². The normalized spacial score (nSPS) is 10.9. The molecule has 8 nitrogen and oxygen atoms in total. The number of hydrogen-bond donors (Lipinski definition) is 1. The smallest absolute Gasteiger partial charge is 0.271 e. The number of nitro groups is 1. The van der Waals surface area contributed by atoms with Crippen LogP contribution in [-0.2, 0) is 11.2 Å².